The molecule has 0 fully saturated rings. The maximum atomic E-state index is 12.9. The average molecular weight is 274 g/mol. The molecule has 0 radical (unpaired) electrons. The van der Waals surface area contributed by atoms with Crippen LogP contribution in [-0.2, 0) is 10.8 Å². The molecule has 0 aromatic heterocycles. The van der Waals surface area contributed by atoms with E-state index in [-0.39, 0.29) is 11.3 Å². The monoisotopic (exact) mass is 274 g/mol. The third-order valence-corrected chi connectivity index (χ3v) is 3.73. The first-order chi connectivity index (χ1) is 8.40. The van der Waals surface area contributed by atoms with Gasteiger partial charge in [0.05, 0.1) is 5.75 Å². The number of hydrogen-bond donors (Lipinski definition) is 0. The summed E-state index contributed by atoms with van der Waals surface area (Å²) < 4.78 is 37.2. The fourth-order valence-corrected chi connectivity index (χ4v) is 2.68. The SMILES string of the molecule is CC(C)CCS(=O)CC(=O)c1ccc(F)c(F)c1. The zero-order valence-electron chi connectivity index (χ0n) is 10.4. The molecule has 0 saturated heterocycles. The van der Waals surface area contributed by atoms with Crippen molar-refractivity contribution in [3.63, 3.8) is 0 Å². The minimum Gasteiger partial charge on any atom is -0.293 e. The van der Waals surface area contributed by atoms with Crippen molar-refractivity contribution in [3.05, 3.63) is 35.4 Å². The minimum absolute atomic E-state index is 0.0618. The molecule has 1 atom stereocenters. The number of halogens is 2. The molecule has 100 valence electrons. The Kier molecular flexibility index (Phi) is 5.59. The van der Waals surface area contributed by atoms with Gasteiger partial charge in [0, 0.05) is 22.1 Å². The topological polar surface area (TPSA) is 34.1 Å². The van der Waals surface area contributed by atoms with E-state index in [0.717, 1.165) is 18.6 Å². The lowest BCUT2D eigenvalue weighted by molar-refractivity contribution is 0.102. The summed E-state index contributed by atoms with van der Waals surface area (Å²) in [5.74, 6) is -1.74. The van der Waals surface area contributed by atoms with Crippen LogP contribution in [0.3, 0.4) is 0 Å². The van der Waals surface area contributed by atoms with E-state index in [1.807, 2.05) is 13.8 Å². The van der Waals surface area contributed by atoms with E-state index < -0.39 is 28.2 Å². The molecule has 0 aliphatic heterocycles. The molecule has 0 aliphatic carbocycles. The van der Waals surface area contributed by atoms with Crippen LogP contribution in [0, 0.1) is 17.6 Å². The van der Waals surface area contributed by atoms with Gasteiger partial charge in [-0.05, 0) is 30.5 Å². The number of ketones is 1. The highest BCUT2D eigenvalue weighted by molar-refractivity contribution is 7.85. The fourth-order valence-electron chi connectivity index (χ4n) is 1.34. The summed E-state index contributed by atoms with van der Waals surface area (Å²) in [5.41, 5.74) is 0.0618. The van der Waals surface area contributed by atoms with Crippen molar-refractivity contribution in [1.82, 2.24) is 0 Å². The van der Waals surface area contributed by atoms with Crippen molar-refractivity contribution in [2.75, 3.05) is 11.5 Å². The highest BCUT2D eigenvalue weighted by Gasteiger charge is 2.13. The van der Waals surface area contributed by atoms with E-state index in [2.05, 4.69) is 0 Å². The molecule has 18 heavy (non-hydrogen) atoms. The predicted octanol–water partition coefficient (Wildman–Crippen LogP) is 2.94. The lowest BCUT2D eigenvalue weighted by atomic mass is 10.1. The Labute approximate surface area is 108 Å². The molecule has 0 amide bonds. The zero-order chi connectivity index (χ0) is 13.7. The lowest BCUT2D eigenvalue weighted by Crippen LogP contribution is -2.14. The van der Waals surface area contributed by atoms with Crippen LogP contribution >= 0.6 is 0 Å². The maximum Gasteiger partial charge on any atom is 0.175 e. The lowest BCUT2D eigenvalue weighted by Gasteiger charge is -2.05. The van der Waals surface area contributed by atoms with E-state index >= 15 is 0 Å². The van der Waals surface area contributed by atoms with Crippen LogP contribution in [0.2, 0.25) is 0 Å². The number of Topliss-reactive ketones (excluding diaryl/α,β-unsaturated/α-hetero) is 1. The minimum atomic E-state index is -1.25. The van der Waals surface area contributed by atoms with Gasteiger partial charge in [-0.2, -0.15) is 0 Å². The molecule has 5 heteroatoms. The number of carbonyl (C=O) groups is 1. The van der Waals surface area contributed by atoms with Crippen LogP contribution in [0.1, 0.15) is 30.6 Å². The number of carbonyl (C=O) groups excluding carboxylic acids is 1. The quantitative estimate of drug-likeness (QED) is 0.747. The van der Waals surface area contributed by atoms with Gasteiger partial charge < -0.3 is 0 Å². The van der Waals surface area contributed by atoms with Crippen LogP contribution in [0.15, 0.2) is 18.2 Å². The normalized spacial score (nSPS) is 12.7. The van der Waals surface area contributed by atoms with Crippen molar-refractivity contribution in [2.24, 2.45) is 5.92 Å². The van der Waals surface area contributed by atoms with Crippen molar-refractivity contribution in [2.45, 2.75) is 20.3 Å². The third-order valence-electron chi connectivity index (χ3n) is 2.46. The predicted molar refractivity (Wildman–Crippen MR) is 68.0 cm³/mol. The van der Waals surface area contributed by atoms with Crippen LogP contribution < -0.4 is 0 Å². The zero-order valence-corrected chi connectivity index (χ0v) is 11.2. The smallest absolute Gasteiger partial charge is 0.175 e. The average Bonchev–Trinajstić information content (AvgIpc) is 2.30. The summed E-state index contributed by atoms with van der Waals surface area (Å²) in [6.45, 7) is 4.02. The van der Waals surface area contributed by atoms with E-state index in [1.165, 1.54) is 6.07 Å². The van der Waals surface area contributed by atoms with Crippen molar-refractivity contribution in [3.8, 4) is 0 Å². The second kappa shape index (κ2) is 6.73. The standard InChI is InChI=1S/C13H16F2O2S/c1-9(2)5-6-18(17)8-13(16)10-3-4-11(14)12(15)7-10/h3-4,7,9H,5-6,8H2,1-2H3. The van der Waals surface area contributed by atoms with E-state index in [0.29, 0.717) is 11.7 Å². The molecule has 1 aromatic carbocycles. The summed E-state index contributed by atoms with van der Waals surface area (Å²) in [6, 6.07) is 2.96. The molecule has 1 rings (SSSR count). The van der Waals surface area contributed by atoms with Crippen LogP contribution in [0.5, 0.6) is 0 Å². The molecule has 0 saturated carbocycles. The molecule has 0 spiro atoms. The largest absolute Gasteiger partial charge is 0.293 e. The molecule has 2 nitrogen and oxygen atoms in total. The van der Waals surface area contributed by atoms with Crippen molar-refractivity contribution < 1.29 is 17.8 Å². The first kappa shape index (κ1) is 15.0. The van der Waals surface area contributed by atoms with Gasteiger partial charge >= 0.3 is 0 Å². The first-order valence-electron chi connectivity index (χ1n) is 5.73. The Morgan fingerprint density at radius 1 is 1.28 bits per heavy atom. The molecule has 0 N–H and O–H groups in total. The van der Waals surface area contributed by atoms with Gasteiger partial charge in [-0.15, -0.1) is 0 Å². The summed E-state index contributed by atoms with van der Waals surface area (Å²) in [6.07, 6.45) is 0.775. The van der Waals surface area contributed by atoms with Crippen molar-refractivity contribution in [1.29, 1.82) is 0 Å². The van der Waals surface area contributed by atoms with Crippen LogP contribution in [0.25, 0.3) is 0 Å². The highest BCUT2D eigenvalue weighted by Crippen LogP contribution is 2.10. The number of hydrogen-bond acceptors (Lipinski definition) is 2. The van der Waals surface area contributed by atoms with Gasteiger partial charge in [-0.25, -0.2) is 8.78 Å². The molecular weight excluding hydrogens is 258 g/mol. The second-order valence-corrected chi connectivity index (χ2v) is 6.10. The molecule has 0 aliphatic rings. The molecular formula is C13H16F2O2S. The van der Waals surface area contributed by atoms with E-state index in [4.69, 9.17) is 0 Å². The fraction of sp³-hybridized carbons (Fsp3) is 0.462. The Bertz CT molecular complexity index is 458. The molecule has 1 unspecified atom stereocenters. The van der Waals surface area contributed by atoms with Crippen LogP contribution in [-0.4, -0.2) is 21.5 Å². The maximum absolute atomic E-state index is 12.9. The van der Waals surface area contributed by atoms with Gasteiger partial charge in [0.2, 0.25) is 0 Å². The Morgan fingerprint density at radius 2 is 1.94 bits per heavy atom. The van der Waals surface area contributed by atoms with E-state index in [1.54, 1.807) is 0 Å². The van der Waals surface area contributed by atoms with E-state index in [9.17, 15) is 17.8 Å². The van der Waals surface area contributed by atoms with Gasteiger partial charge in [0.1, 0.15) is 0 Å². The number of benzene rings is 1. The van der Waals surface area contributed by atoms with Gasteiger partial charge in [-0.1, -0.05) is 13.8 Å². The highest BCUT2D eigenvalue weighted by atomic mass is 32.2. The molecule has 0 heterocycles. The molecule has 0 bridgehead atoms. The Hall–Kier alpha value is -1.10. The summed E-state index contributed by atoms with van der Waals surface area (Å²) in [4.78, 5) is 11.7. The summed E-state index contributed by atoms with van der Waals surface area (Å²) in [7, 11) is -1.25. The summed E-state index contributed by atoms with van der Waals surface area (Å²) >= 11 is 0. The van der Waals surface area contributed by atoms with Gasteiger partial charge in [0.25, 0.3) is 0 Å². The second-order valence-electron chi connectivity index (χ2n) is 4.52. The first-order valence-corrected chi connectivity index (χ1v) is 7.22. The van der Waals surface area contributed by atoms with Crippen LogP contribution in [0.4, 0.5) is 8.78 Å². The third kappa shape index (κ3) is 4.64. The Balaban J connectivity index is 2.59. The Morgan fingerprint density at radius 3 is 2.50 bits per heavy atom. The van der Waals surface area contributed by atoms with Crippen molar-refractivity contribution >= 4 is 16.6 Å². The summed E-state index contributed by atoms with van der Waals surface area (Å²) in [5, 5.41) is 0. The number of rotatable bonds is 6. The molecule has 1 aromatic rings. The van der Waals surface area contributed by atoms with Gasteiger partial charge in [-0.3, -0.25) is 9.00 Å². The van der Waals surface area contributed by atoms with Gasteiger partial charge in [0.15, 0.2) is 17.4 Å².